The minimum absolute atomic E-state index is 0.178. The Morgan fingerprint density at radius 3 is 2.21 bits per heavy atom. The van der Waals surface area contributed by atoms with Crippen molar-refractivity contribution in [2.45, 2.75) is 76.7 Å². The standard InChI is InChI=1S/C15H25NO3/c17-13(6-3-1-2-4-7-14(18)19)16-12-10-15(11-12)8-5-9-15/h12H,1-11H2,(H,16,17)(H,18,19). The van der Waals surface area contributed by atoms with Gasteiger partial charge in [-0.3, -0.25) is 9.59 Å². The summed E-state index contributed by atoms with van der Waals surface area (Å²) in [6.07, 6.45) is 10.8. The lowest BCUT2D eigenvalue weighted by Gasteiger charge is -2.54. The first-order valence-corrected chi connectivity index (χ1v) is 7.61. The molecule has 0 atom stereocenters. The molecule has 2 aliphatic carbocycles. The third-order valence-electron chi connectivity index (χ3n) is 4.68. The summed E-state index contributed by atoms with van der Waals surface area (Å²) in [4.78, 5) is 22.0. The molecule has 2 rings (SSSR count). The van der Waals surface area contributed by atoms with E-state index in [1.165, 1.54) is 32.1 Å². The summed E-state index contributed by atoms with van der Waals surface area (Å²) in [7, 11) is 0. The summed E-state index contributed by atoms with van der Waals surface area (Å²) in [5.41, 5.74) is 0.620. The summed E-state index contributed by atoms with van der Waals surface area (Å²) in [6, 6.07) is 0.430. The Kier molecular flexibility index (Phi) is 4.83. The zero-order chi connectivity index (χ0) is 13.7. The lowest BCUT2D eigenvalue weighted by atomic mass is 9.54. The van der Waals surface area contributed by atoms with Gasteiger partial charge in [0.25, 0.3) is 0 Å². The molecular weight excluding hydrogens is 242 g/mol. The molecule has 0 unspecified atom stereocenters. The van der Waals surface area contributed by atoms with Crippen molar-refractivity contribution in [3.8, 4) is 0 Å². The highest BCUT2D eigenvalue weighted by Crippen LogP contribution is 2.55. The van der Waals surface area contributed by atoms with Crippen molar-refractivity contribution in [1.82, 2.24) is 5.32 Å². The fourth-order valence-corrected chi connectivity index (χ4v) is 3.39. The van der Waals surface area contributed by atoms with E-state index >= 15 is 0 Å². The van der Waals surface area contributed by atoms with Crippen LogP contribution in [0.2, 0.25) is 0 Å². The van der Waals surface area contributed by atoms with E-state index in [0.29, 0.717) is 17.9 Å². The lowest BCUT2D eigenvalue weighted by molar-refractivity contribution is -0.137. The molecule has 2 fully saturated rings. The SMILES string of the molecule is O=C(O)CCCCCCC(=O)NC1CC2(CCC2)C1. The first-order valence-electron chi connectivity index (χ1n) is 7.61. The maximum atomic E-state index is 11.7. The van der Waals surface area contributed by atoms with Crippen molar-refractivity contribution >= 4 is 11.9 Å². The van der Waals surface area contributed by atoms with Gasteiger partial charge in [-0.15, -0.1) is 0 Å². The second-order valence-corrected chi connectivity index (χ2v) is 6.33. The minimum atomic E-state index is -0.729. The van der Waals surface area contributed by atoms with Crippen LogP contribution >= 0.6 is 0 Å². The van der Waals surface area contributed by atoms with Gasteiger partial charge in [-0.1, -0.05) is 19.3 Å². The molecule has 0 aromatic rings. The summed E-state index contributed by atoms with van der Waals surface area (Å²) in [5, 5.41) is 11.6. The van der Waals surface area contributed by atoms with E-state index in [4.69, 9.17) is 5.11 Å². The molecule has 0 bridgehead atoms. The Balaban J connectivity index is 1.43. The Bertz CT molecular complexity index is 328. The molecule has 0 saturated heterocycles. The highest BCUT2D eigenvalue weighted by atomic mass is 16.4. The largest absolute Gasteiger partial charge is 0.481 e. The molecule has 0 radical (unpaired) electrons. The second-order valence-electron chi connectivity index (χ2n) is 6.33. The smallest absolute Gasteiger partial charge is 0.303 e. The van der Waals surface area contributed by atoms with E-state index in [-0.39, 0.29) is 12.3 Å². The Morgan fingerprint density at radius 1 is 1.05 bits per heavy atom. The van der Waals surface area contributed by atoms with Crippen molar-refractivity contribution in [3.05, 3.63) is 0 Å². The minimum Gasteiger partial charge on any atom is -0.481 e. The third-order valence-corrected chi connectivity index (χ3v) is 4.68. The van der Waals surface area contributed by atoms with Gasteiger partial charge in [0, 0.05) is 18.9 Å². The van der Waals surface area contributed by atoms with Gasteiger partial charge in [0.15, 0.2) is 0 Å². The number of rotatable bonds is 8. The van der Waals surface area contributed by atoms with Crippen molar-refractivity contribution < 1.29 is 14.7 Å². The summed E-state index contributed by atoms with van der Waals surface area (Å²) < 4.78 is 0. The molecule has 2 N–H and O–H groups in total. The number of nitrogens with one attached hydrogen (secondary N) is 1. The molecule has 2 aliphatic rings. The van der Waals surface area contributed by atoms with Gasteiger partial charge >= 0.3 is 5.97 Å². The van der Waals surface area contributed by atoms with Gasteiger partial charge in [-0.05, 0) is 43.9 Å². The average molecular weight is 267 g/mol. The van der Waals surface area contributed by atoms with Crippen LogP contribution in [-0.4, -0.2) is 23.0 Å². The molecule has 0 heterocycles. The number of carbonyl (C=O) groups is 2. The number of hydrogen-bond donors (Lipinski definition) is 2. The first kappa shape index (κ1) is 14.4. The monoisotopic (exact) mass is 267 g/mol. The van der Waals surface area contributed by atoms with Crippen LogP contribution < -0.4 is 5.32 Å². The third kappa shape index (κ3) is 4.22. The molecular formula is C15H25NO3. The van der Waals surface area contributed by atoms with Gasteiger partial charge in [0.05, 0.1) is 0 Å². The van der Waals surface area contributed by atoms with Crippen LogP contribution in [0.15, 0.2) is 0 Å². The Morgan fingerprint density at radius 2 is 1.68 bits per heavy atom. The Hall–Kier alpha value is -1.06. The van der Waals surface area contributed by atoms with Gasteiger partial charge in [-0.2, -0.15) is 0 Å². The number of hydrogen-bond acceptors (Lipinski definition) is 2. The molecule has 1 spiro atoms. The maximum Gasteiger partial charge on any atom is 0.303 e. The van der Waals surface area contributed by atoms with E-state index < -0.39 is 5.97 Å². The number of carbonyl (C=O) groups excluding carboxylic acids is 1. The van der Waals surface area contributed by atoms with Crippen LogP contribution in [0.4, 0.5) is 0 Å². The number of aliphatic carboxylic acids is 1. The van der Waals surface area contributed by atoms with Crippen LogP contribution in [0.1, 0.15) is 70.6 Å². The van der Waals surface area contributed by atoms with Gasteiger partial charge < -0.3 is 10.4 Å². The molecule has 108 valence electrons. The van der Waals surface area contributed by atoms with E-state index in [1.54, 1.807) is 0 Å². The van der Waals surface area contributed by atoms with Crippen LogP contribution in [0.5, 0.6) is 0 Å². The van der Waals surface area contributed by atoms with Crippen LogP contribution in [0.25, 0.3) is 0 Å². The van der Waals surface area contributed by atoms with Crippen molar-refractivity contribution in [3.63, 3.8) is 0 Å². The van der Waals surface area contributed by atoms with Crippen LogP contribution in [-0.2, 0) is 9.59 Å². The van der Waals surface area contributed by atoms with E-state index in [9.17, 15) is 9.59 Å². The van der Waals surface area contributed by atoms with Gasteiger partial charge in [0.1, 0.15) is 0 Å². The molecule has 19 heavy (non-hydrogen) atoms. The van der Waals surface area contributed by atoms with Crippen LogP contribution in [0, 0.1) is 5.41 Å². The highest BCUT2D eigenvalue weighted by Gasteiger charge is 2.48. The Labute approximate surface area is 115 Å². The van der Waals surface area contributed by atoms with Crippen molar-refractivity contribution in [2.24, 2.45) is 5.41 Å². The molecule has 0 aromatic carbocycles. The predicted molar refractivity (Wildman–Crippen MR) is 72.8 cm³/mol. The first-order chi connectivity index (χ1) is 9.10. The molecule has 4 heteroatoms. The molecule has 0 aliphatic heterocycles. The van der Waals surface area contributed by atoms with Crippen molar-refractivity contribution in [2.75, 3.05) is 0 Å². The molecule has 0 aromatic heterocycles. The predicted octanol–water partition coefficient (Wildman–Crippen LogP) is 2.86. The number of carboxylic acids is 1. The van der Waals surface area contributed by atoms with E-state index in [1.807, 2.05) is 0 Å². The molecule has 1 amide bonds. The van der Waals surface area contributed by atoms with E-state index in [0.717, 1.165) is 25.7 Å². The summed E-state index contributed by atoms with van der Waals surface area (Å²) in [5.74, 6) is -0.551. The van der Waals surface area contributed by atoms with E-state index in [2.05, 4.69) is 5.32 Å². The van der Waals surface area contributed by atoms with Crippen molar-refractivity contribution in [1.29, 1.82) is 0 Å². The average Bonchev–Trinajstić information content (AvgIpc) is 2.24. The maximum absolute atomic E-state index is 11.7. The zero-order valence-corrected chi connectivity index (χ0v) is 11.6. The number of unbranched alkanes of at least 4 members (excludes halogenated alkanes) is 3. The summed E-state index contributed by atoms with van der Waals surface area (Å²) in [6.45, 7) is 0. The fraction of sp³-hybridized carbons (Fsp3) is 0.867. The topological polar surface area (TPSA) is 66.4 Å². The summed E-state index contributed by atoms with van der Waals surface area (Å²) >= 11 is 0. The van der Waals surface area contributed by atoms with Gasteiger partial charge in [-0.25, -0.2) is 0 Å². The quantitative estimate of drug-likeness (QED) is 0.664. The molecule has 4 nitrogen and oxygen atoms in total. The lowest BCUT2D eigenvalue weighted by Crippen LogP contribution is -2.53. The van der Waals surface area contributed by atoms with Crippen LogP contribution in [0.3, 0.4) is 0 Å². The number of amides is 1. The van der Waals surface area contributed by atoms with Gasteiger partial charge in [0.2, 0.25) is 5.91 Å². The number of carboxylic acid groups (broad SMARTS) is 1. The second kappa shape index (κ2) is 6.40. The normalized spacial score (nSPS) is 20.6. The zero-order valence-electron chi connectivity index (χ0n) is 11.6. The highest BCUT2D eigenvalue weighted by molar-refractivity contribution is 5.76. The molecule has 2 saturated carbocycles. The fourth-order valence-electron chi connectivity index (χ4n) is 3.39.